The Morgan fingerprint density at radius 1 is 1.18 bits per heavy atom. The first-order chi connectivity index (χ1) is 16.1. The van der Waals surface area contributed by atoms with Gasteiger partial charge in [0.05, 0.1) is 17.2 Å². The number of aliphatic hydroxyl groups is 1. The zero-order valence-electron chi connectivity index (χ0n) is 20.4. The molecule has 0 fully saturated rings. The van der Waals surface area contributed by atoms with Crippen LogP contribution in [-0.4, -0.2) is 51.0 Å². The van der Waals surface area contributed by atoms with Crippen LogP contribution in [0.3, 0.4) is 0 Å². The van der Waals surface area contributed by atoms with Crippen LogP contribution >= 0.6 is 11.6 Å². The number of hydrogen-bond donors (Lipinski definition) is 2. The molecule has 2 atom stereocenters. The minimum absolute atomic E-state index is 0.0523. The van der Waals surface area contributed by atoms with Crippen LogP contribution in [0.4, 0.5) is 0 Å². The molecule has 0 saturated heterocycles. The fourth-order valence-corrected chi connectivity index (χ4v) is 5.99. The predicted molar refractivity (Wildman–Crippen MR) is 132 cm³/mol. The predicted octanol–water partition coefficient (Wildman–Crippen LogP) is 4.32. The highest BCUT2D eigenvalue weighted by Crippen LogP contribution is 2.26. The lowest BCUT2D eigenvalue weighted by molar-refractivity contribution is -0.143. The van der Waals surface area contributed by atoms with Crippen LogP contribution in [0.1, 0.15) is 70.5 Å². The number of aliphatic hydroxyl groups excluding tert-OH is 1. The number of aliphatic carboxylic acids is 1. The summed E-state index contributed by atoms with van der Waals surface area (Å²) < 4.78 is 29.8. The van der Waals surface area contributed by atoms with Crippen molar-refractivity contribution in [2.45, 2.75) is 83.9 Å². The molecule has 0 aliphatic heterocycles. The number of halogens is 1. The quantitative estimate of drug-likeness (QED) is 0.389. The van der Waals surface area contributed by atoms with E-state index in [9.17, 15) is 23.4 Å². The Morgan fingerprint density at radius 2 is 1.82 bits per heavy atom. The zero-order chi connectivity index (χ0) is 25.5. The first-order valence-electron chi connectivity index (χ1n) is 11.8. The normalized spacial score (nSPS) is 13.9. The molecular formula is C24H36ClN3O5S. The van der Waals surface area contributed by atoms with Gasteiger partial charge >= 0.3 is 5.97 Å². The van der Waals surface area contributed by atoms with Crippen molar-refractivity contribution in [1.29, 1.82) is 0 Å². The smallest absolute Gasteiger partial charge is 0.322 e. The molecule has 190 valence electrons. The first-order valence-corrected chi connectivity index (χ1v) is 13.6. The van der Waals surface area contributed by atoms with Crippen LogP contribution in [0, 0.1) is 5.92 Å². The van der Waals surface area contributed by atoms with Crippen molar-refractivity contribution in [1.82, 2.24) is 13.9 Å². The van der Waals surface area contributed by atoms with Crippen molar-refractivity contribution >= 4 is 27.6 Å². The minimum atomic E-state index is -4.01. The molecule has 0 saturated carbocycles. The van der Waals surface area contributed by atoms with E-state index in [2.05, 4.69) is 11.9 Å². The Morgan fingerprint density at radius 3 is 2.32 bits per heavy atom. The molecule has 0 spiro atoms. The molecule has 0 amide bonds. The van der Waals surface area contributed by atoms with E-state index < -0.39 is 22.0 Å². The monoisotopic (exact) mass is 513 g/mol. The van der Waals surface area contributed by atoms with Gasteiger partial charge in [-0.15, -0.1) is 0 Å². The number of carbonyl (C=O) groups is 1. The molecule has 10 heteroatoms. The van der Waals surface area contributed by atoms with Crippen molar-refractivity contribution in [3.8, 4) is 0 Å². The van der Waals surface area contributed by atoms with Gasteiger partial charge in [-0.1, -0.05) is 64.3 Å². The summed E-state index contributed by atoms with van der Waals surface area (Å²) in [5.41, 5.74) is 1.34. The van der Waals surface area contributed by atoms with E-state index in [-0.39, 0.29) is 29.1 Å². The summed E-state index contributed by atoms with van der Waals surface area (Å²) >= 11 is 6.21. The molecular weight excluding hydrogens is 478 g/mol. The molecule has 2 N–H and O–H groups in total. The number of rotatable bonds is 14. The number of sulfonamides is 1. The maximum Gasteiger partial charge on any atom is 0.322 e. The Bertz CT molecular complexity index is 1050. The van der Waals surface area contributed by atoms with E-state index in [1.54, 1.807) is 19.1 Å². The summed E-state index contributed by atoms with van der Waals surface area (Å²) in [4.78, 5) is 16.4. The second kappa shape index (κ2) is 12.7. The highest BCUT2D eigenvalue weighted by atomic mass is 35.5. The number of carboxylic acids is 1. The van der Waals surface area contributed by atoms with Crippen molar-refractivity contribution in [2.75, 3.05) is 6.54 Å². The third-order valence-electron chi connectivity index (χ3n) is 6.07. The number of aromatic nitrogens is 2. The number of carboxylic acid groups (broad SMARTS) is 1. The zero-order valence-corrected chi connectivity index (χ0v) is 21.9. The van der Waals surface area contributed by atoms with Crippen LogP contribution in [-0.2, 0) is 34.4 Å². The summed E-state index contributed by atoms with van der Waals surface area (Å²) in [6, 6.07) is 5.29. The standard InChI is InChI=1S/C24H36ClN3O5S/c1-5-8-9-21-26-23(25)20(16-29)27(21)15-18-10-12-19(13-11-18)34(32,33)28(14-6-2)22(24(30)31)17(4)7-3/h10-13,17,22,29H,5-9,14-16H2,1-4H3,(H,30,31)/t17-,22-/m0/s1. The highest BCUT2D eigenvalue weighted by molar-refractivity contribution is 7.89. The molecule has 8 nitrogen and oxygen atoms in total. The summed E-state index contributed by atoms with van der Waals surface area (Å²) in [6.45, 7) is 7.78. The summed E-state index contributed by atoms with van der Waals surface area (Å²) in [5.74, 6) is -0.696. The van der Waals surface area contributed by atoms with Gasteiger partial charge in [0.1, 0.15) is 11.9 Å². The SMILES string of the molecule is CCCCc1nc(Cl)c(CO)n1Cc1ccc(S(=O)(=O)N(CCC)[C@H](C(=O)O)[C@@H](C)CC)cc1. The largest absolute Gasteiger partial charge is 0.480 e. The number of nitrogens with zero attached hydrogens (tertiary/aromatic N) is 3. The van der Waals surface area contributed by atoms with E-state index in [1.807, 2.05) is 18.4 Å². The first kappa shape index (κ1) is 28.3. The van der Waals surface area contributed by atoms with E-state index in [0.29, 0.717) is 25.1 Å². The van der Waals surface area contributed by atoms with Crippen LogP contribution in [0.25, 0.3) is 0 Å². The van der Waals surface area contributed by atoms with Crippen molar-refractivity contribution in [3.63, 3.8) is 0 Å². The third kappa shape index (κ3) is 6.38. The maximum absolute atomic E-state index is 13.4. The molecule has 34 heavy (non-hydrogen) atoms. The number of imidazole rings is 1. The lowest BCUT2D eigenvalue weighted by atomic mass is 9.99. The molecule has 1 heterocycles. The molecule has 0 unspecified atom stereocenters. The summed E-state index contributed by atoms with van der Waals surface area (Å²) in [6.07, 6.45) is 3.70. The Balaban J connectivity index is 2.38. The molecule has 0 aliphatic rings. The Kier molecular flexibility index (Phi) is 10.5. The molecule has 2 aromatic rings. The van der Waals surface area contributed by atoms with E-state index in [0.717, 1.165) is 35.0 Å². The molecule has 1 aromatic carbocycles. The fourth-order valence-electron chi connectivity index (χ4n) is 3.96. The van der Waals surface area contributed by atoms with Crippen LogP contribution in [0.2, 0.25) is 5.15 Å². The summed E-state index contributed by atoms with van der Waals surface area (Å²) in [5, 5.41) is 19.8. The number of benzene rings is 1. The van der Waals surface area contributed by atoms with Gasteiger partial charge in [0.15, 0.2) is 5.15 Å². The molecule has 0 bridgehead atoms. The lowest BCUT2D eigenvalue weighted by Gasteiger charge is -2.31. The minimum Gasteiger partial charge on any atom is -0.480 e. The van der Waals surface area contributed by atoms with Gasteiger partial charge in [-0.2, -0.15) is 4.31 Å². The van der Waals surface area contributed by atoms with Gasteiger partial charge in [0.25, 0.3) is 0 Å². The van der Waals surface area contributed by atoms with E-state index in [1.165, 1.54) is 12.1 Å². The van der Waals surface area contributed by atoms with E-state index >= 15 is 0 Å². The van der Waals surface area contributed by atoms with Gasteiger partial charge in [-0.05, 0) is 36.5 Å². The molecule has 2 rings (SSSR count). The Labute approximate surface area is 207 Å². The summed E-state index contributed by atoms with van der Waals surface area (Å²) in [7, 11) is -4.01. The van der Waals surface area contributed by atoms with Gasteiger partial charge in [0.2, 0.25) is 10.0 Å². The van der Waals surface area contributed by atoms with Crippen LogP contribution in [0.15, 0.2) is 29.2 Å². The van der Waals surface area contributed by atoms with Crippen molar-refractivity contribution in [3.05, 3.63) is 46.5 Å². The maximum atomic E-state index is 13.4. The van der Waals surface area contributed by atoms with Gasteiger partial charge in [0, 0.05) is 19.5 Å². The second-order valence-electron chi connectivity index (χ2n) is 8.54. The van der Waals surface area contributed by atoms with Gasteiger partial charge < -0.3 is 14.8 Å². The van der Waals surface area contributed by atoms with Crippen molar-refractivity contribution in [2.24, 2.45) is 5.92 Å². The fraction of sp³-hybridized carbons (Fsp3) is 0.583. The van der Waals surface area contributed by atoms with Crippen LogP contribution in [0.5, 0.6) is 0 Å². The van der Waals surface area contributed by atoms with E-state index in [4.69, 9.17) is 11.6 Å². The lowest BCUT2D eigenvalue weighted by Crippen LogP contribution is -2.48. The second-order valence-corrected chi connectivity index (χ2v) is 10.8. The topological polar surface area (TPSA) is 113 Å². The number of hydrogen-bond acceptors (Lipinski definition) is 5. The molecule has 1 aromatic heterocycles. The molecule has 0 radical (unpaired) electrons. The molecule has 0 aliphatic carbocycles. The van der Waals surface area contributed by atoms with Gasteiger partial charge in [-0.3, -0.25) is 4.79 Å². The Hall–Kier alpha value is -1.94. The average Bonchev–Trinajstić information content (AvgIpc) is 3.10. The average molecular weight is 514 g/mol. The number of aryl methyl sites for hydroxylation is 1. The van der Waals surface area contributed by atoms with Crippen LogP contribution < -0.4 is 0 Å². The van der Waals surface area contributed by atoms with Gasteiger partial charge in [-0.25, -0.2) is 13.4 Å². The van der Waals surface area contributed by atoms with Crippen molar-refractivity contribution < 1.29 is 23.4 Å². The number of unbranched alkanes of at least 4 members (excludes halogenated alkanes) is 1. The third-order valence-corrected chi connectivity index (χ3v) is 8.26. The highest BCUT2D eigenvalue weighted by Gasteiger charge is 2.38.